The van der Waals surface area contributed by atoms with E-state index in [9.17, 15) is 18.0 Å². The summed E-state index contributed by atoms with van der Waals surface area (Å²) in [6.45, 7) is 0.318. The summed E-state index contributed by atoms with van der Waals surface area (Å²) in [6, 6.07) is 6.36. The summed E-state index contributed by atoms with van der Waals surface area (Å²) in [6.07, 6.45) is -3.52. The number of benzene rings is 1. The molecule has 25 heavy (non-hydrogen) atoms. The molecule has 0 fully saturated rings. The van der Waals surface area contributed by atoms with Crippen molar-refractivity contribution < 1.29 is 27.2 Å². The minimum atomic E-state index is -4.69. The second kappa shape index (κ2) is 7.55. The van der Waals surface area contributed by atoms with Crippen molar-refractivity contribution in [1.82, 2.24) is 15.5 Å². The predicted molar refractivity (Wildman–Crippen MR) is 79.8 cm³/mol. The van der Waals surface area contributed by atoms with Gasteiger partial charge in [-0.05, 0) is 5.56 Å². The molecular formula is C14H12F3N5O3. The summed E-state index contributed by atoms with van der Waals surface area (Å²) >= 11 is 0. The van der Waals surface area contributed by atoms with E-state index in [-0.39, 0.29) is 5.82 Å². The number of alkyl halides is 3. The van der Waals surface area contributed by atoms with Gasteiger partial charge in [-0.25, -0.2) is 9.79 Å². The monoisotopic (exact) mass is 355 g/mol. The molecule has 2 rings (SSSR count). The molecule has 2 N–H and O–H groups in total. The number of rotatable bonds is 4. The number of nitrogens with zero attached hydrogens (tertiary/aromatic N) is 3. The van der Waals surface area contributed by atoms with Crippen LogP contribution in [0.3, 0.4) is 0 Å². The van der Waals surface area contributed by atoms with Gasteiger partial charge in [-0.3, -0.25) is 5.41 Å². The molecule has 1 aromatic heterocycles. The Morgan fingerprint density at radius 2 is 2.08 bits per heavy atom. The van der Waals surface area contributed by atoms with Crippen molar-refractivity contribution in [1.29, 1.82) is 5.41 Å². The quantitative estimate of drug-likeness (QED) is 0.493. The van der Waals surface area contributed by atoms with E-state index in [4.69, 9.17) is 5.41 Å². The zero-order valence-electron chi connectivity index (χ0n) is 12.8. The van der Waals surface area contributed by atoms with E-state index in [1.165, 1.54) is 18.5 Å². The van der Waals surface area contributed by atoms with Gasteiger partial charge in [-0.1, -0.05) is 29.4 Å². The lowest BCUT2D eigenvalue weighted by Gasteiger charge is -2.02. The number of carbonyl (C=O) groups excluding carboxylic acids is 1. The lowest BCUT2D eigenvalue weighted by Crippen LogP contribution is -2.16. The highest BCUT2D eigenvalue weighted by molar-refractivity contribution is 6.35. The zero-order chi connectivity index (χ0) is 18.4. The topological polar surface area (TPSA) is 113 Å². The van der Waals surface area contributed by atoms with Gasteiger partial charge in [-0.2, -0.15) is 18.2 Å². The largest absolute Gasteiger partial charge is 0.471 e. The number of nitrogens with one attached hydrogen (secondary N) is 2. The van der Waals surface area contributed by atoms with Gasteiger partial charge >= 0.3 is 18.0 Å². The minimum absolute atomic E-state index is 0.167. The van der Waals surface area contributed by atoms with Crippen molar-refractivity contribution >= 4 is 18.1 Å². The number of carbonyl (C=O) groups is 1. The number of hydrogen-bond acceptors (Lipinski definition) is 6. The van der Waals surface area contributed by atoms with Crippen LogP contribution >= 0.6 is 0 Å². The summed E-state index contributed by atoms with van der Waals surface area (Å²) in [4.78, 5) is 17.8. The van der Waals surface area contributed by atoms with Crippen molar-refractivity contribution in [3.05, 3.63) is 35.7 Å². The standard InChI is InChI=1S/C14H12F3N5O3/c1-24-12(23)10(18)20-7-19-6-8-2-4-9(5-3-8)11-21-13(25-22-11)14(15,16)17/h2-5,7H,6H2,1H3,(H2,18,19,20). The number of aromatic nitrogens is 2. The van der Waals surface area contributed by atoms with Crippen LogP contribution in [0.15, 0.2) is 33.8 Å². The third-order valence-corrected chi connectivity index (χ3v) is 2.85. The van der Waals surface area contributed by atoms with E-state index in [1.807, 2.05) is 0 Å². The van der Waals surface area contributed by atoms with Gasteiger partial charge < -0.3 is 14.6 Å². The lowest BCUT2D eigenvalue weighted by atomic mass is 10.1. The molecule has 0 atom stereocenters. The van der Waals surface area contributed by atoms with Gasteiger partial charge in [0.1, 0.15) is 0 Å². The van der Waals surface area contributed by atoms with E-state index in [0.717, 1.165) is 12.7 Å². The first-order chi connectivity index (χ1) is 11.8. The molecule has 0 amide bonds. The number of ether oxygens (including phenoxy) is 1. The zero-order valence-corrected chi connectivity index (χ0v) is 12.8. The molecule has 0 saturated carbocycles. The Morgan fingerprint density at radius 3 is 2.64 bits per heavy atom. The van der Waals surface area contributed by atoms with Crippen LogP contribution in [0.25, 0.3) is 11.4 Å². The average molecular weight is 355 g/mol. The van der Waals surface area contributed by atoms with Crippen LogP contribution in [0.2, 0.25) is 0 Å². The first-order valence-corrected chi connectivity index (χ1v) is 6.74. The van der Waals surface area contributed by atoms with E-state index in [2.05, 4.69) is 29.7 Å². The molecule has 0 aliphatic carbocycles. The summed E-state index contributed by atoms with van der Waals surface area (Å²) in [7, 11) is 1.14. The number of methoxy groups -OCH3 is 1. The fourth-order valence-corrected chi connectivity index (χ4v) is 1.65. The van der Waals surface area contributed by atoms with E-state index in [0.29, 0.717) is 12.1 Å². The molecule has 0 radical (unpaired) electrons. The minimum Gasteiger partial charge on any atom is -0.463 e. The Bertz CT molecular complexity index is 784. The van der Waals surface area contributed by atoms with Crippen LogP contribution < -0.4 is 5.32 Å². The van der Waals surface area contributed by atoms with Gasteiger partial charge in [0.05, 0.1) is 13.4 Å². The van der Waals surface area contributed by atoms with Crippen molar-refractivity contribution in [3.63, 3.8) is 0 Å². The van der Waals surface area contributed by atoms with Crippen molar-refractivity contribution in [3.8, 4) is 11.4 Å². The molecule has 0 aliphatic heterocycles. The van der Waals surface area contributed by atoms with E-state index in [1.54, 1.807) is 12.1 Å². The predicted octanol–water partition coefficient (Wildman–Crippen LogP) is 2.02. The first-order valence-electron chi connectivity index (χ1n) is 6.74. The molecule has 0 saturated heterocycles. The van der Waals surface area contributed by atoms with Gasteiger partial charge in [0.15, 0.2) is 0 Å². The third kappa shape index (κ3) is 4.86. The maximum absolute atomic E-state index is 12.4. The van der Waals surface area contributed by atoms with E-state index < -0.39 is 23.9 Å². The molecule has 8 nitrogen and oxygen atoms in total. The second-order valence-electron chi connectivity index (χ2n) is 4.60. The molecule has 0 aliphatic rings. The van der Waals surface area contributed by atoms with Crippen LogP contribution in [0, 0.1) is 5.41 Å². The van der Waals surface area contributed by atoms with Crippen LogP contribution in [-0.4, -0.2) is 35.4 Å². The SMILES string of the molecule is COC(=O)C(=N)/N=C\NCc1ccc(-c2noc(C(F)(F)F)n2)cc1. The van der Waals surface area contributed by atoms with Gasteiger partial charge in [0.2, 0.25) is 11.7 Å². The molecule has 1 heterocycles. The van der Waals surface area contributed by atoms with Gasteiger partial charge in [0, 0.05) is 12.1 Å². The fraction of sp³-hybridized carbons (Fsp3) is 0.214. The Kier molecular flexibility index (Phi) is 5.47. The van der Waals surface area contributed by atoms with Gasteiger partial charge in [0.25, 0.3) is 0 Å². The number of amidine groups is 1. The second-order valence-corrected chi connectivity index (χ2v) is 4.60. The van der Waals surface area contributed by atoms with Crippen molar-refractivity contribution in [2.45, 2.75) is 12.7 Å². The molecule has 132 valence electrons. The molecule has 0 bridgehead atoms. The maximum atomic E-state index is 12.4. The Labute approximate surface area is 139 Å². The highest BCUT2D eigenvalue weighted by Crippen LogP contribution is 2.29. The fourth-order valence-electron chi connectivity index (χ4n) is 1.65. The number of hydrogen-bond donors (Lipinski definition) is 2. The van der Waals surface area contributed by atoms with Crippen LogP contribution in [-0.2, 0) is 22.3 Å². The summed E-state index contributed by atoms with van der Waals surface area (Å²) in [5, 5.41) is 13.3. The molecule has 1 aromatic carbocycles. The van der Waals surface area contributed by atoms with E-state index >= 15 is 0 Å². The number of aliphatic imine (C=N–C) groups is 1. The summed E-state index contributed by atoms with van der Waals surface area (Å²) < 4.78 is 45.7. The highest BCUT2D eigenvalue weighted by Gasteiger charge is 2.38. The molecule has 11 heteroatoms. The number of esters is 1. The first kappa shape index (κ1) is 18.1. The Hall–Kier alpha value is -3.24. The van der Waals surface area contributed by atoms with Gasteiger partial charge in [-0.15, -0.1) is 0 Å². The molecule has 2 aromatic rings. The molecular weight excluding hydrogens is 343 g/mol. The lowest BCUT2D eigenvalue weighted by molar-refractivity contribution is -0.159. The highest BCUT2D eigenvalue weighted by atomic mass is 19.4. The normalized spacial score (nSPS) is 11.5. The summed E-state index contributed by atoms with van der Waals surface area (Å²) in [5.74, 6) is -2.99. The molecule has 0 unspecified atom stereocenters. The van der Waals surface area contributed by atoms with Crippen molar-refractivity contribution in [2.75, 3.05) is 7.11 Å². The third-order valence-electron chi connectivity index (χ3n) is 2.85. The summed E-state index contributed by atoms with van der Waals surface area (Å²) in [5.41, 5.74) is 1.14. The maximum Gasteiger partial charge on any atom is 0.471 e. The van der Waals surface area contributed by atoms with Crippen LogP contribution in [0.1, 0.15) is 11.5 Å². The smallest absolute Gasteiger partial charge is 0.463 e. The Morgan fingerprint density at radius 1 is 1.40 bits per heavy atom. The molecule has 0 spiro atoms. The number of halogens is 3. The van der Waals surface area contributed by atoms with Crippen LogP contribution in [0.4, 0.5) is 13.2 Å². The average Bonchev–Trinajstić information content (AvgIpc) is 3.08. The Balaban J connectivity index is 1.94. The van der Waals surface area contributed by atoms with Crippen molar-refractivity contribution in [2.24, 2.45) is 4.99 Å². The van der Waals surface area contributed by atoms with Crippen LogP contribution in [0.5, 0.6) is 0 Å².